The molecular weight excluding hydrogens is 406 g/mol. The van der Waals surface area contributed by atoms with Crippen molar-refractivity contribution >= 4 is 17.5 Å². The lowest BCUT2D eigenvalue weighted by atomic mass is 9.44. The molecule has 5 fully saturated rings. The van der Waals surface area contributed by atoms with E-state index in [1.807, 2.05) is 18.0 Å². The average Bonchev–Trinajstić information content (AvgIpc) is 3.44. The summed E-state index contributed by atoms with van der Waals surface area (Å²) in [4.78, 5) is 33.8. The first-order chi connectivity index (χ1) is 15.4. The van der Waals surface area contributed by atoms with E-state index in [1.54, 1.807) is 7.11 Å². The number of hydrogen-bond acceptors (Lipinski definition) is 5. The maximum absolute atomic E-state index is 14.1. The van der Waals surface area contributed by atoms with Gasteiger partial charge in [-0.2, -0.15) is 0 Å². The molecule has 1 aromatic carbocycles. The number of anilines is 1. The average molecular weight is 438 g/mol. The number of amides is 2. The van der Waals surface area contributed by atoms with Crippen molar-refractivity contribution in [3.8, 4) is 5.75 Å². The number of benzene rings is 1. The molecule has 7 rings (SSSR count). The molecule has 0 N–H and O–H groups in total. The van der Waals surface area contributed by atoms with Crippen LogP contribution in [0, 0.1) is 11.3 Å². The largest absolute Gasteiger partial charge is 0.497 e. The van der Waals surface area contributed by atoms with Crippen LogP contribution < -0.4 is 9.64 Å². The minimum absolute atomic E-state index is 0.100. The van der Waals surface area contributed by atoms with Crippen molar-refractivity contribution in [1.82, 2.24) is 9.80 Å². The van der Waals surface area contributed by atoms with E-state index in [1.165, 1.54) is 5.56 Å². The highest BCUT2D eigenvalue weighted by atomic mass is 16.6. The molecule has 2 unspecified atom stereocenters. The van der Waals surface area contributed by atoms with Gasteiger partial charge >= 0.3 is 0 Å². The predicted molar refractivity (Wildman–Crippen MR) is 117 cm³/mol. The first kappa shape index (κ1) is 19.2. The molecule has 1 aromatic rings. The lowest BCUT2D eigenvalue weighted by molar-refractivity contribution is -0.209. The van der Waals surface area contributed by atoms with Crippen molar-refractivity contribution in [3.05, 3.63) is 23.8 Å². The number of likely N-dealkylation sites (N-methyl/N-ethyl adjacent to an activating group) is 2. The summed E-state index contributed by atoms with van der Waals surface area (Å²) in [6.45, 7) is 3.70. The van der Waals surface area contributed by atoms with Crippen LogP contribution in [-0.4, -0.2) is 73.3 Å². The number of hydrogen-bond donors (Lipinski definition) is 0. The fourth-order valence-electron chi connectivity index (χ4n) is 9.54. The molecule has 5 saturated heterocycles. The Balaban J connectivity index is 1.60. The molecule has 6 aliphatic rings. The first-order valence-electron chi connectivity index (χ1n) is 12.0. The Morgan fingerprint density at radius 3 is 2.75 bits per heavy atom. The third kappa shape index (κ3) is 1.50. The van der Waals surface area contributed by atoms with Gasteiger partial charge in [-0.1, -0.05) is 13.0 Å². The van der Waals surface area contributed by atoms with E-state index < -0.39 is 16.7 Å². The second-order valence-electron chi connectivity index (χ2n) is 10.8. The van der Waals surface area contributed by atoms with Gasteiger partial charge in [-0.15, -0.1) is 0 Å². The molecule has 0 aromatic heterocycles. The van der Waals surface area contributed by atoms with Gasteiger partial charge in [-0.05, 0) is 37.3 Å². The molecule has 0 radical (unpaired) electrons. The van der Waals surface area contributed by atoms with E-state index in [4.69, 9.17) is 9.47 Å². The van der Waals surface area contributed by atoms with Crippen LogP contribution in [0.2, 0.25) is 0 Å². The van der Waals surface area contributed by atoms with Gasteiger partial charge in [0.1, 0.15) is 5.75 Å². The molecule has 6 atom stereocenters. The monoisotopic (exact) mass is 437 g/mol. The third-order valence-electron chi connectivity index (χ3n) is 10.4. The van der Waals surface area contributed by atoms with Gasteiger partial charge in [0.05, 0.1) is 18.6 Å². The number of likely N-dealkylation sites (tertiary alicyclic amines) is 1. The summed E-state index contributed by atoms with van der Waals surface area (Å²) >= 11 is 0. The van der Waals surface area contributed by atoms with Crippen molar-refractivity contribution < 1.29 is 19.1 Å². The topological polar surface area (TPSA) is 62.3 Å². The lowest BCUT2D eigenvalue weighted by Gasteiger charge is -2.61. The van der Waals surface area contributed by atoms with E-state index in [2.05, 4.69) is 35.9 Å². The van der Waals surface area contributed by atoms with E-state index in [9.17, 15) is 9.59 Å². The van der Waals surface area contributed by atoms with E-state index in [-0.39, 0.29) is 29.2 Å². The normalized spacial score (nSPS) is 45.2. The molecule has 6 aliphatic heterocycles. The van der Waals surface area contributed by atoms with Crippen LogP contribution in [0.15, 0.2) is 18.2 Å². The third-order valence-corrected chi connectivity index (χ3v) is 10.4. The number of carbonyl (C=O) groups excluding carboxylic acids is 2. The van der Waals surface area contributed by atoms with E-state index in [0.717, 1.165) is 43.7 Å². The predicted octanol–water partition coefficient (Wildman–Crippen LogP) is 2.13. The summed E-state index contributed by atoms with van der Waals surface area (Å²) in [5.41, 5.74) is 0.0504. The maximum Gasteiger partial charge on any atom is 0.257 e. The fourth-order valence-corrected chi connectivity index (χ4v) is 9.54. The minimum atomic E-state index is -0.923. The molecule has 7 nitrogen and oxygen atoms in total. The lowest BCUT2D eigenvalue weighted by Crippen LogP contribution is -2.76. The van der Waals surface area contributed by atoms with Gasteiger partial charge in [-0.25, -0.2) is 0 Å². The van der Waals surface area contributed by atoms with E-state index in [0.29, 0.717) is 13.0 Å². The number of nitrogens with zero attached hydrogens (tertiary/aromatic N) is 3. The fraction of sp³-hybridized carbons (Fsp3) is 0.680. The highest BCUT2D eigenvalue weighted by Gasteiger charge is 2.94. The van der Waals surface area contributed by atoms with Crippen LogP contribution in [0.1, 0.15) is 44.6 Å². The second kappa shape index (κ2) is 5.44. The first-order valence-corrected chi connectivity index (χ1v) is 12.0. The number of piperidine rings is 2. The van der Waals surface area contributed by atoms with Crippen molar-refractivity contribution in [2.45, 2.75) is 61.8 Å². The number of rotatable bonds is 2. The Morgan fingerprint density at radius 2 is 2.00 bits per heavy atom. The van der Waals surface area contributed by atoms with Gasteiger partial charge in [-0.3, -0.25) is 9.59 Å². The van der Waals surface area contributed by atoms with E-state index >= 15 is 0 Å². The Labute approximate surface area is 188 Å². The summed E-state index contributed by atoms with van der Waals surface area (Å²) in [6.07, 6.45) is 4.05. The van der Waals surface area contributed by atoms with Crippen molar-refractivity contribution in [1.29, 1.82) is 0 Å². The van der Waals surface area contributed by atoms with Crippen molar-refractivity contribution in [2.24, 2.45) is 11.3 Å². The summed E-state index contributed by atoms with van der Waals surface area (Å²) in [6, 6.07) is 6.18. The van der Waals surface area contributed by atoms with Crippen molar-refractivity contribution in [3.63, 3.8) is 0 Å². The zero-order chi connectivity index (χ0) is 22.3. The summed E-state index contributed by atoms with van der Waals surface area (Å²) < 4.78 is 12.8. The standard InChI is InChI=1S/C25H31N3O4/c1-5-22-10-8-19(29)28-13-11-23-16-7-6-15(31-4)14-17(16)27(3)20(23)24(32-25(22,23)28)18(22)9-12-26(2)21(24)30/h6-7,14,18,20H,5,8-13H2,1-4H3/t18?,20-,22+,23+,24?,25+/m1/s1. The maximum atomic E-state index is 14.1. The zero-order valence-electron chi connectivity index (χ0n) is 19.3. The van der Waals surface area contributed by atoms with Crippen LogP contribution in [0.25, 0.3) is 0 Å². The molecule has 7 heteroatoms. The number of carbonyl (C=O) groups is 2. The van der Waals surface area contributed by atoms with Gasteiger partial charge in [0.15, 0.2) is 11.3 Å². The molecule has 3 spiro atoms. The highest BCUT2D eigenvalue weighted by molar-refractivity contribution is 5.94. The summed E-state index contributed by atoms with van der Waals surface area (Å²) in [7, 11) is 5.70. The summed E-state index contributed by atoms with van der Waals surface area (Å²) in [5.74, 6) is 1.22. The number of methoxy groups -OCH3 is 1. The van der Waals surface area contributed by atoms with Crippen LogP contribution in [0.3, 0.4) is 0 Å². The van der Waals surface area contributed by atoms with Crippen LogP contribution >= 0.6 is 0 Å². The second-order valence-corrected chi connectivity index (χ2v) is 10.8. The number of ether oxygens (including phenoxy) is 2. The molecule has 32 heavy (non-hydrogen) atoms. The Hall–Kier alpha value is -2.28. The molecule has 2 amide bonds. The minimum Gasteiger partial charge on any atom is -0.497 e. The molecule has 170 valence electrons. The zero-order valence-corrected chi connectivity index (χ0v) is 19.3. The number of fused-ring (bicyclic) bond motifs is 2. The van der Waals surface area contributed by atoms with Gasteiger partial charge in [0.25, 0.3) is 5.91 Å². The molecule has 0 saturated carbocycles. The van der Waals surface area contributed by atoms with Crippen LogP contribution in [-0.2, 0) is 19.7 Å². The Morgan fingerprint density at radius 1 is 1.19 bits per heavy atom. The van der Waals surface area contributed by atoms with Crippen LogP contribution in [0.5, 0.6) is 5.75 Å². The van der Waals surface area contributed by atoms with Crippen LogP contribution in [0.4, 0.5) is 5.69 Å². The van der Waals surface area contributed by atoms with Gasteiger partial charge in [0, 0.05) is 56.7 Å². The smallest absolute Gasteiger partial charge is 0.257 e. The Bertz CT molecular complexity index is 1090. The molecule has 6 heterocycles. The highest BCUT2D eigenvalue weighted by Crippen LogP contribution is 2.82. The Kier molecular flexibility index (Phi) is 3.26. The molecule has 2 bridgehead atoms. The van der Waals surface area contributed by atoms with Crippen molar-refractivity contribution in [2.75, 3.05) is 39.2 Å². The van der Waals surface area contributed by atoms with Gasteiger partial charge in [0.2, 0.25) is 5.91 Å². The quantitative estimate of drug-likeness (QED) is 0.710. The SMILES string of the molecule is CC[C@@]12CCC(=O)N3CC[C@]45c6ccc(OC)cc6N(C)[C@H]4C4(O[C@@]315)C(=O)N(C)CCC42. The molecule has 0 aliphatic carbocycles. The molecular formula is C25H31N3O4. The summed E-state index contributed by atoms with van der Waals surface area (Å²) in [5, 5.41) is 0. The van der Waals surface area contributed by atoms with Gasteiger partial charge < -0.3 is 24.2 Å².